The number of hydrogen-bond acceptors (Lipinski definition) is 0. The van der Waals surface area contributed by atoms with E-state index in [1.165, 1.54) is 13.8 Å². The number of hydrogen-bond donors (Lipinski definition) is 0. The van der Waals surface area contributed by atoms with Crippen LogP contribution in [-0.2, 0) is 0 Å². The molecule has 0 unspecified atom stereocenters. The van der Waals surface area contributed by atoms with Crippen LogP contribution < -0.4 is 0 Å². The minimum atomic E-state index is -0.174. The minimum Gasteiger partial charge on any atom is -0.102 e. The van der Waals surface area contributed by atoms with Crippen molar-refractivity contribution in [2.45, 2.75) is 27.7 Å². The van der Waals surface area contributed by atoms with Crippen LogP contribution in [-0.4, -0.2) is 0 Å². The normalized spacial score (nSPS) is 21.7. The van der Waals surface area contributed by atoms with Gasteiger partial charge >= 0.3 is 0 Å². The van der Waals surface area contributed by atoms with Gasteiger partial charge in [-0.2, -0.15) is 0 Å². The molecule has 12 heavy (non-hydrogen) atoms. The zero-order valence-electron chi connectivity index (χ0n) is 14.0. The van der Waals surface area contributed by atoms with Crippen LogP contribution in [0.15, 0.2) is 36.3 Å². The van der Waals surface area contributed by atoms with Gasteiger partial charge in [-0.3, -0.25) is 0 Å². The summed E-state index contributed by atoms with van der Waals surface area (Å²) in [6, 6.07) is 0.0278. The molecule has 0 aliphatic carbocycles. The summed E-state index contributed by atoms with van der Waals surface area (Å²) >= 11 is 0. The van der Waals surface area contributed by atoms with Gasteiger partial charge in [0.25, 0.3) is 0 Å². The number of allylic oxidation sites excluding steroid dienone is 6. The molecule has 0 bridgehead atoms. The Bertz CT molecular complexity index is 397. The van der Waals surface area contributed by atoms with E-state index in [1.807, 2.05) is 0 Å². The Labute approximate surface area is 85.1 Å². The largest absolute Gasteiger partial charge is 0.102 e. The maximum atomic E-state index is 7.09. The van der Waals surface area contributed by atoms with Gasteiger partial charge in [0.15, 0.2) is 0 Å². The highest BCUT2D eigenvalue weighted by Gasteiger charge is 1.48. The minimum absolute atomic E-state index is 0.0246. The molecule has 0 nitrogen and oxygen atoms in total. The highest BCUT2D eigenvalue weighted by Crippen LogP contribution is 1.71. The van der Waals surface area contributed by atoms with E-state index in [9.17, 15) is 0 Å². The Morgan fingerprint density at radius 1 is 1.00 bits per heavy atom. The summed E-state index contributed by atoms with van der Waals surface area (Å²) in [6.45, 7) is 6.06. The highest BCUT2D eigenvalue weighted by atomic mass is 13.6. The van der Waals surface area contributed by atoms with Crippen molar-refractivity contribution >= 4 is 0 Å². The Hall–Kier alpha value is -1.22. The third-order valence-electron chi connectivity index (χ3n) is 0.625. The molecular formula is C12H18. The predicted molar refractivity (Wildman–Crippen MR) is 57.9 cm³/mol. The highest BCUT2D eigenvalue weighted by molar-refractivity contribution is 5.12. The molecule has 0 atom stereocenters. The van der Waals surface area contributed by atoms with E-state index in [1.54, 1.807) is 13.8 Å². The van der Waals surface area contributed by atoms with Crippen LogP contribution in [0, 0.1) is 11.8 Å². The molecule has 0 aliphatic rings. The third-order valence-corrected chi connectivity index (χ3v) is 0.625. The Morgan fingerprint density at radius 2 is 1.50 bits per heavy atom. The van der Waals surface area contributed by atoms with Gasteiger partial charge in [0.1, 0.15) is 0 Å². The van der Waals surface area contributed by atoms with Crippen molar-refractivity contribution in [1.29, 1.82) is 0 Å². The van der Waals surface area contributed by atoms with Gasteiger partial charge < -0.3 is 0 Å². The maximum absolute atomic E-state index is 7.09. The average Bonchev–Trinajstić information content (AvgIpc) is 2.27. The molecule has 0 aliphatic heterocycles. The van der Waals surface area contributed by atoms with Crippen molar-refractivity contribution in [2.24, 2.45) is 0 Å². The van der Waals surface area contributed by atoms with E-state index in [4.69, 9.17) is 8.22 Å². The molecule has 0 fully saturated rings. The lowest BCUT2D eigenvalue weighted by Crippen LogP contribution is -1.41. The molecule has 0 saturated heterocycles. The van der Waals surface area contributed by atoms with Crippen molar-refractivity contribution < 1.29 is 8.22 Å². The fraction of sp³-hybridized carbons (Fsp3) is 0.333. The Balaban J connectivity index is 0. The van der Waals surface area contributed by atoms with E-state index >= 15 is 0 Å². The molecular weight excluding hydrogens is 144 g/mol. The molecule has 0 aromatic heterocycles. The summed E-state index contributed by atoms with van der Waals surface area (Å²) in [5, 5.41) is 0. The molecule has 0 heteroatoms. The maximum Gasteiger partial charge on any atom is 0.0717 e. The van der Waals surface area contributed by atoms with Gasteiger partial charge in [0.2, 0.25) is 0 Å². The van der Waals surface area contributed by atoms with Crippen molar-refractivity contribution in [3.63, 3.8) is 0 Å². The zero-order valence-corrected chi connectivity index (χ0v) is 8.00. The molecule has 0 aromatic carbocycles. The SMILES string of the molecule is [2H]/C(C)=C(/[2H])C#CC.[2H]/C(C)=C([2H])\C([2H])=C(/[2H])C. The van der Waals surface area contributed by atoms with Gasteiger partial charge in [-0.15, -0.1) is 5.92 Å². The van der Waals surface area contributed by atoms with E-state index in [0.29, 0.717) is 0 Å². The average molecular weight is 168 g/mol. The van der Waals surface area contributed by atoms with Crippen LogP contribution in [0.3, 0.4) is 0 Å². The quantitative estimate of drug-likeness (QED) is 0.413. The van der Waals surface area contributed by atoms with E-state index in [2.05, 4.69) is 11.8 Å². The molecule has 0 rings (SSSR count). The first-order valence-electron chi connectivity index (χ1n) is 6.50. The standard InChI is InChI=1S/C6H10.C6H8/c2*1-3-5-6-4-2/h3-6H,1-2H3;3,5H,1-2H3/b5-3+,6-4+;5-3+/i3D,4D,5D,6D;3D,5D. The molecule has 0 spiro atoms. The van der Waals surface area contributed by atoms with Crippen molar-refractivity contribution in [3.8, 4) is 11.8 Å². The second-order valence-electron chi connectivity index (χ2n) is 1.50. The molecule has 66 valence electrons. The molecule has 0 N–H and O–H groups in total. The van der Waals surface area contributed by atoms with E-state index in [-0.39, 0.29) is 36.3 Å². The van der Waals surface area contributed by atoms with Crippen molar-refractivity contribution in [2.75, 3.05) is 0 Å². The van der Waals surface area contributed by atoms with Crippen LogP contribution in [0.25, 0.3) is 0 Å². The van der Waals surface area contributed by atoms with E-state index < -0.39 is 0 Å². The van der Waals surface area contributed by atoms with Gasteiger partial charge in [-0.25, -0.2) is 0 Å². The molecule has 0 amide bonds. The second-order valence-corrected chi connectivity index (χ2v) is 1.50. The summed E-state index contributed by atoms with van der Waals surface area (Å²) in [5.74, 6) is 4.99. The first-order valence-corrected chi connectivity index (χ1v) is 3.50. The fourth-order valence-electron chi connectivity index (χ4n) is 0.250. The van der Waals surface area contributed by atoms with Gasteiger partial charge in [-0.1, -0.05) is 36.2 Å². The van der Waals surface area contributed by atoms with Crippen LogP contribution in [0.5, 0.6) is 0 Å². The van der Waals surface area contributed by atoms with Crippen LogP contribution >= 0.6 is 0 Å². The van der Waals surface area contributed by atoms with Gasteiger partial charge in [-0.05, 0) is 33.7 Å². The summed E-state index contributed by atoms with van der Waals surface area (Å²) in [7, 11) is 0. The van der Waals surface area contributed by atoms with Crippen LogP contribution in [0.1, 0.15) is 35.9 Å². The lowest BCUT2D eigenvalue weighted by molar-refractivity contribution is 1.69. The van der Waals surface area contributed by atoms with Gasteiger partial charge in [0.05, 0.1) is 8.22 Å². The van der Waals surface area contributed by atoms with Crippen molar-refractivity contribution in [3.05, 3.63) is 36.3 Å². The van der Waals surface area contributed by atoms with Crippen molar-refractivity contribution in [1.82, 2.24) is 0 Å². The fourth-order valence-corrected chi connectivity index (χ4v) is 0.250. The first kappa shape index (κ1) is 4.72. The Morgan fingerprint density at radius 3 is 1.67 bits per heavy atom. The lowest BCUT2D eigenvalue weighted by Gasteiger charge is -1.62. The topological polar surface area (TPSA) is 0 Å². The van der Waals surface area contributed by atoms with Gasteiger partial charge in [0, 0.05) is 0 Å². The lowest BCUT2D eigenvalue weighted by atomic mass is 10.5. The molecule has 0 saturated carbocycles. The summed E-state index contributed by atoms with van der Waals surface area (Å²) in [5.41, 5.74) is 0. The molecule has 0 radical (unpaired) electrons. The third kappa shape index (κ3) is 23.3. The molecule has 0 aromatic rings. The molecule has 0 heterocycles. The zero-order chi connectivity index (χ0) is 14.9. The number of rotatable bonds is 1. The van der Waals surface area contributed by atoms with Crippen LogP contribution in [0.4, 0.5) is 0 Å². The summed E-state index contributed by atoms with van der Waals surface area (Å²) in [6.07, 6.45) is 0. The predicted octanol–water partition coefficient (Wildman–Crippen LogP) is 3.72. The smallest absolute Gasteiger partial charge is 0.0717 e. The van der Waals surface area contributed by atoms with Crippen LogP contribution in [0.2, 0.25) is 0 Å². The monoisotopic (exact) mass is 168 g/mol. The summed E-state index contributed by atoms with van der Waals surface area (Å²) < 4.78 is 41.9. The summed E-state index contributed by atoms with van der Waals surface area (Å²) in [4.78, 5) is 0. The van der Waals surface area contributed by atoms with E-state index in [0.717, 1.165) is 0 Å². The Kier molecular flexibility index (Phi) is 6.45. The second kappa shape index (κ2) is 16.4. The first-order chi connectivity index (χ1) is 8.14.